The highest BCUT2D eigenvalue weighted by molar-refractivity contribution is 5.75. The predicted molar refractivity (Wildman–Crippen MR) is 82.3 cm³/mol. The number of nitrogens with one attached hydrogen (secondary N) is 2. The summed E-state index contributed by atoms with van der Waals surface area (Å²) in [5.74, 6) is -0.425. The number of likely N-dealkylation sites (tertiary alicyclic amines) is 1. The zero-order chi connectivity index (χ0) is 16.0. The van der Waals surface area contributed by atoms with E-state index in [1.165, 1.54) is 0 Å². The fourth-order valence-electron chi connectivity index (χ4n) is 2.63. The lowest BCUT2D eigenvalue weighted by Crippen LogP contribution is -2.50. The summed E-state index contributed by atoms with van der Waals surface area (Å²) in [5.41, 5.74) is -0.291. The fraction of sp³-hybridized carbons (Fsp3) is 0.867. The molecule has 122 valence electrons. The Kier molecular flexibility index (Phi) is 6.45. The summed E-state index contributed by atoms with van der Waals surface area (Å²) in [6.07, 6.45) is 2.22. The van der Waals surface area contributed by atoms with Crippen molar-refractivity contribution in [3.63, 3.8) is 0 Å². The Morgan fingerprint density at radius 3 is 2.57 bits per heavy atom. The van der Waals surface area contributed by atoms with E-state index >= 15 is 0 Å². The molecule has 0 radical (unpaired) electrons. The lowest BCUT2D eigenvalue weighted by atomic mass is 9.85. The third kappa shape index (κ3) is 6.80. The summed E-state index contributed by atoms with van der Waals surface area (Å²) < 4.78 is 0. The van der Waals surface area contributed by atoms with E-state index in [1.54, 1.807) is 0 Å². The summed E-state index contributed by atoms with van der Waals surface area (Å²) >= 11 is 0. The molecular formula is C15H29N3O3. The third-order valence-electron chi connectivity index (χ3n) is 4.00. The van der Waals surface area contributed by atoms with Gasteiger partial charge in [-0.05, 0) is 37.8 Å². The van der Waals surface area contributed by atoms with Crippen LogP contribution in [0.15, 0.2) is 0 Å². The SMILES string of the molecule is CN1CCCC(CNC(=O)NC(CC(=O)O)C(C)(C)C)C1. The van der Waals surface area contributed by atoms with Gasteiger partial charge in [-0.1, -0.05) is 20.8 Å². The van der Waals surface area contributed by atoms with Crippen LogP contribution in [0.4, 0.5) is 4.79 Å². The molecule has 21 heavy (non-hydrogen) atoms. The third-order valence-corrected chi connectivity index (χ3v) is 4.00. The molecule has 6 heteroatoms. The number of amides is 2. The quantitative estimate of drug-likeness (QED) is 0.719. The van der Waals surface area contributed by atoms with E-state index in [0.717, 1.165) is 25.9 Å². The van der Waals surface area contributed by atoms with Gasteiger partial charge in [-0.25, -0.2) is 4.79 Å². The van der Waals surface area contributed by atoms with Crippen molar-refractivity contribution in [3.05, 3.63) is 0 Å². The van der Waals surface area contributed by atoms with Gasteiger partial charge in [0.15, 0.2) is 0 Å². The van der Waals surface area contributed by atoms with Gasteiger partial charge in [-0.3, -0.25) is 4.79 Å². The molecule has 1 rings (SSSR count). The highest BCUT2D eigenvalue weighted by Gasteiger charge is 2.28. The molecule has 0 bridgehead atoms. The number of hydrogen-bond acceptors (Lipinski definition) is 3. The van der Waals surface area contributed by atoms with Crippen molar-refractivity contribution >= 4 is 12.0 Å². The van der Waals surface area contributed by atoms with Gasteiger partial charge in [0, 0.05) is 19.1 Å². The van der Waals surface area contributed by atoms with Gasteiger partial charge < -0.3 is 20.6 Å². The summed E-state index contributed by atoms with van der Waals surface area (Å²) in [6.45, 7) is 8.54. The highest BCUT2D eigenvalue weighted by atomic mass is 16.4. The second kappa shape index (κ2) is 7.64. The van der Waals surface area contributed by atoms with Gasteiger partial charge in [0.05, 0.1) is 6.42 Å². The van der Waals surface area contributed by atoms with Crippen LogP contribution in [-0.4, -0.2) is 54.7 Å². The number of carboxylic acids is 1. The number of piperidine rings is 1. The molecule has 1 aliphatic rings. The number of rotatable bonds is 5. The van der Waals surface area contributed by atoms with Crippen molar-refractivity contribution in [2.75, 3.05) is 26.7 Å². The number of carbonyl (C=O) groups excluding carboxylic acids is 1. The largest absolute Gasteiger partial charge is 0.481 e. The minimum absolute atomic E-state index is 0.0664. The minimum Gasteiger partial charge on any atom is -0.481 e. The fourth-order valence-corrected chi connectivity index (χ4v) is 2.63. The second-order valence-corrected chi connectivity index (χ2v) is 7.14. The van der Waals surface area contributed by atoms with Crippen LogP contribution in [0, 0.1) is 11.3 Å². The Morgan fingerprint density at radius 2 is 2.05 bits per heavy atom. The molecule has 2 amide bonds. The standard InChI is InChI=1S/C15H29N3O3/c1-15(2,3)12(8-13(19)20)17-14(21)16-9-11-6-5-7-18(4)10-11/h11-12H,5-10H2,1-4H3,(H,19,20)(H2,16,17,21). The molecule has 2 unspecified atom stereocenters. The molecule has 0 aromatic heterocycles. The molecule has 0 aromatic carbocycles. The molecular weight excluding hydrogens is 270 g/mol. The van der Waals surface area contributed by atoms with Gasteiger partial charge in [0.2, 0.25) is 0 Å². The Balaban J connectivity index is 2.41. The van der Waals surface area contributed by atoms with Crippen molar-refractivity contribution in [2.24, 2.45) is 11.3 Å². The van der Waals surface area contributed by atoms with Crippen molar-refractivity contribution in [3.8, 4) is 0 Å². The van der Waals surface area contributed by atoms with Gasteiger partial charge in [0.1, 0.15) is 0 Å². The number of nitrogens with zero attached hydrogens (tertiary/aromatic N) is 1. The number of aliphatic carboxylic acids is 1. The molecule has 1 aliphatic heterocycles. The first-order valence-electron chi connectivity index (χ1n) is 7.63. The minimum atomic E-state index is -0.899. The second-order valence-electron chi connectivity index (χ2n) is 7.14. The molecule has 1 saturated heterocycles. The molecule has 1 fully saturated rings. The van der Waals surface area contributed by atoms with Crippen LogP contribution in [0.1, 0.15) is 40.0 Å². The Morgan fingerprint density at radius 1 is 1.38 bits per heavy atom. The number of urea groups is 1. The van der Waals surface area contributed by atoms with Gasteiger partial charge in [0.25, 0.3) is 0 Å². The van der Waals surface area contributed by atoms with Crippen LogP contribution in [0.25, 0.3) is 0 Å². The van der Waals surface area contributed by atoms with E-state index in [1.807, 2.05) is 20.8 Å². The van der Waals surface area contributed by atoms with Gasteiger partial charge in [-0.15, -0.1) is 0 Å². The zero-order valence-electron chi connectivity index (χ0n) is 13.6. The molecule has 1 heterocycles. The average molecular weight is 299 g/mol. The van der Waals surface area contributed by atoms with Crippen LogP contribution in [0.2, 0.25) is 0 Å². The molecule has 3 N–H and O–H groups in total. The number of carbonyl (C=O) groups is 2. The average Bonchev–Trinajstić information content (AvgIpc) is 2.34. The molecule has 0 saturated carbocycles. The number of carboxylic acid groups (broad SMARTS) is 1. The summed E-state index contributed by atoms with van der Waals surface area (Å²) in [4.78, 5) is 25.2. The van der Waals surface area contributed by atoms with Gasteiger partial charge in [-0.2, -0.15) is 0 Å². The summed E-state index contributed by atoms with van der Waals surface area (Å²) in [6, 6.07) is -0.659. The maximum atomic E-state index is 12.0. The van der Waals surface area contributed by atoms with E-state index in [4.69, 9.17) is 5.11 Å². The van der Waals surface area contributed by atoms with Gasteiger partial charge >= 0.3 is 12.0 Å². The Labute approximate surface area is 127 Å². The molecule has 0 spiro atoms. The topological polar surface area (TPSA) is 81.7 Å². The zero-order valence-corrected chi connectivity index (χ0v) is 13.6. The Hall–Kier alpha value is -1.30. The van der Waals surface area contributed by atoms with Crippen LogP contribution >= 0.6 is 0 Å². The van der Waals surface area contributed by atoms with E-state index in [-0.39, 0.29) is 23.9 Å². The maximum absolute atomic E-state index is 12.0. The first-order chi connectivity index (χ1) is 9.68. The lowest BCUT2D eigenvalue weighted by molar-refractivity contribution is -0.138. The molecule has 2 atom stereocenters. The van der Waals surface area contributed by atoms with E-state index in [9.17, 15) is 9.59 Å². The predicted octanol–water partition coefficient (Wildman–Crippen LogP) is 1.52. The molecule has 0 aliphatic carbocycles. The van der Waals surface area contributed by atoms with Crippen molar-refractivity contribution in [2.45, 2.75) is 46.1 Å². The van der Waals surface area contributed by atoms with Crippen LogP contribution in [0.5, 0.6) is 0 Å². The smallest absolute Gasteiger partial charge is 0.315 e. The monoisotopic (exact) mass is 299 g/mol. The lowest BCUT2D eigenvalue weighted by Gasteiger charge is -2.32. The highest BCUT2D eigenvalue weighted by Crippen LogP contribution is 2.21. The van der Waals surface area contributed by atoms with Crippen molar-refractivity contribution < 1.29 is 14.7 Å². The summed E-state index contributed by atoms with van der Waals surface area (Å²) in [7, 11) is 2.09. The maximum Gasteiger partial charge on any atom is 0.315 e. The molecule has 0 aromatic rings. The van der Waals surface area contributed by atoms with Crippen LogP contribution in [-0.2, 0) is 4.79 Å². The number of hydrogen-bond donors (Lipinski definition) is 3. The first kappa shape index (κ1) is 17.8. The van der Waals surface area contributed by atoms with E-state index in [2.05, 4.69) is 22.6 Å². The normalized spacial score (nSPS) is 21.6. The van der Waals surface area contributed by atoms with Crippen molar-refractivity contribution in [1.29, 1.82) is 0 Å². The first-order valence-corrected chi connectivity index (χ1v) is 7.63. The Bertz CT molecular complexity index is 366. The van der Waals surface area contributed by atoms with E-state index in [0.29, 0.717) is 12.5 Å². The summed E-state index contributed by atoms with van der Waals surface area (Å²) in [5, 5.41) is 14.6. The van der Waals surface area contributed by atoms with E-state index < -0.39 is 5.97 Å². The van der Waals surface area contributed by atoms with Crippen LogP contribution < -0.4 is 10.6 Å². The van der Waals surface area contributed by atoms with Crippen molar-refractivity contribution in [1.82, 2.24) is 15.5 Å². The molecule has 6 nitrogen and oxygen atoms in total. The van der Waals surface area contributed by atoms with Crippen LogP contribution in [0.3, 0.4) is 0 Å².